The number of allylic oxidation sites excluding steroid dienone is 2. The lowest BCUT2D eigenvalue weighted by Crippen LogP contribution is -2.43. The number of carbonyl (C=O) groups excluding carboxylic acids is 1. The van der Waals surface area contributed by atoms with Crippen molar-refractivity contribution >= 4 is 5.91 Å². The minimum atomic E-state index is 0.265. The third kappa shape index (κ3) is 3.07. The van der Waals surface area contributed by atoms with Gasteiger partial charge in [0.2, 0.25) is 5.91 Å². The average Bonchev–Trinajstić information content (AvgIpc) is 3.10. The highest BCUT2D eigenvalue weighted by molar-refractivity contribution is 5.76. The van der Waals surface area contributed by atoms with Crippen molar-refractivity contribution in [3.05, 3.63) is 12.2 Å². The molecule has 1 saturated heterocycles. The predicted molar refractivity (Wildman–Crippen MR) is 78.3 cm³/mol. The second-order valence-corrected chi connectivity index (χ2v) is 6.43. The van der Waals surface area contributed by atoms with Crippen LogP contribution < -0.4 is 5.32 Å². The van der Waals surface area contributed by atoms with Crippen molar-refractivity contribution in [3.63, 3.8) is 0 Å². The molecule has 0 aromatic heterocycles. The number of nitrogens with zero attached hydrogens (tertiary/aromatic N) is 1. The Kier molecular flexibility index (Phi) is 4.41. The van der Waals surface area contributed by atoms with E-state index in [2.05, 4.69) is 24.4 Å². The van der Waals surface area contributed by atoms with E-state index in [9.17, 15) is 4.79 Å². The monoisotopic (exact) mass is 278 g/mol. The lowest BCUT2D eigenvalue weighted by molar-refractivity contribution is -0.135. The van der Waals surface area contributed by atoms with E-state index in [0.29, 0.717) is 25.7 Å². The van der Waals surface area contributed by atoms with Crippen LogP contribution in [0.25, 0.3) is 0 Å². The molecule has 3 aliphatic rings. The van der Waals surface area contributed by atoms with Crippen molar-refractivity contribution in [1.82, 2.24) is 10.2 Å². The van der Waals surface area contributed by atoms with Crippen LogP contribution in [-0.2, 0) is 9.53 Å². The Morgan fingerprint density at radius 1 is 1.35 bits per heavy atom. The first-order valence-electron chi connectivity index (χ1n) is 8.01. The van der Waals surface area contributed by atoms with Crippen molar-refractivity contribution in [2.45, 2.75) is 32.2 Å². The van der Waals surface area contributed by atoms with Crippen LogP contribution in [-0.4, -0.2) is 49.7 Å². The smallest absolute Gasteiger partial charge is 0.224 e. The first-order valence-corrected chi connectivity index (χ1v) is 8.01. The van der Waals surface area contributed by atoms with E-state index in [-0.39, 0.29) is 5.91 Å². The highest BCUT2D eigenvalue weighted by atomic mass is 16.5. The first kappa shape index (κ1) is 14.1. The van der Waals surface area contributed by atoms with E-state index < -0.39 is 0 Å². The molecule has 2 aliphatic carbocycles. The molecule has 1 amide bonds. The Balaban J connectivity index is 1.37. The number of nitrogens with one attached hydrogen (secondary N) is 1. The summed E-state index contributed by atoms with van der Waals surface area (Å²) in [6, 6.07) is 0.521. The summed E-state index contributed by atoms with van der Waals surface area (Å²) in [5.41, 5.74) is 0. The summed E-state index contributed by atoms with van der Waals surface area (Å²) in [6.07, 6.45) is 8.07. The van der Waals surface area contributed by atoms with Gasteiger partial charge in [-0.2, -0.15) is 0 Å². The number of fused-ring (bicyclic) bond motifs is 2. The normalized spacial score (nSPS) is 33.6. The minimum absolute atomic E-state index is 0.265. The Labute approximate surface area is 121 Å². The molecule has 4 heteroatoms. The lowest BCUT2D eigenvalue weighted by Gasteiger charge is -2.28. The highest BCUT2D eigenvalue weighted by Gasteiger charge is 2.38. The van der Waals surface area contributed by atoms with Gasteiger partial charge in [0.1, 0.15) is 0 Å². The second kappa shape index (κ2) is 6.27. The Bertz CT molecular complexity index is 377. The third-order valence-corrected chi connectivity index (χ3v) is 5.14. The fraction of sp³-hybridized carbons (Fsp3) is 0.812. The molecule has 0 spiro atoms. The van der Waals surface area contributed by atoms with Crippen LogP contribution in [0.15, 0.2) is 12.2 Å². The number of rotatable bonds is 5. The van der Waals surface area contributed by atoms with Crippen molar-refractivity contribution in [1.29, 1.82) is 0 Å². The number of hydrogen-bond acceptors (Lipinski definition) is 3. The quantitative estimate of drug-likeness (QED) is 0.774. The van der Waals surface area contributed by atoms with Gasteiger partial charge in [0.05, 0.1) is 13.2 Å². The molecular formula is C16H26N2O2. The zero-order valence-electron chi connectivity index (χ0n) is 12.4. The fourth-order valence-electron chi connectivity index (χ4n) is 3.93. The molecule has 0 aromatic carbocycles. The van der Waals surface area contributed by atoms with Gasteiger partial charge in [0, 0.05) is 32.1 Å². The summed E-state index contributed by atoms with van der Waals surface area (Å²) in [7, 11) is 0. The van der Waals surface area contributed by atoms with Gasteiger partial charge < -0.3 is 15.0 Å². The number of carbonyl (C=O) groups is 1. The van der Waals surface area contributed by atoms with E-state index in [1.807, 2.05) is 4.90 Å². The Morgan fingerprint density at radius 3 is 2.80 bits per heavy atom. The van der Waals surface area contributed by atoms with Gasteiger partial charge in [-0.3, -0.25) is 4.79 Å². The molecule has 2 fully saturated rings. The maximum absolute atomic E-state index is 12.0. The van der Waals surface area contributed by atoms with Crippen LogP contribution in [0.2, 0.25) is 0 Å². The van der Waals surface area contributed by atoms with Gasteiger partial charge in [0.15, 0.2) is 0 Å². The van der Waals surface area contributed by atoms with Crippen molar-refractivity contribution < 1.29 is 9.53 Å². The summed E-state index contributed by atoms with van der Waals surface area (Å²) in [5.74, 6) is 2.63. The predicted octanol–water partition coefficient (Wildman–Crippen LogP) is 1.43. The zero-order valence-corrected chi connectivity index (χ0v) is 12.4. The summed E-state index contributed by atoms with van der Waals surface area (Å²) in [6.45, 7) is 5.96. The van der Waals surface area contributed by atoms with E-state index in [4.69, 9.17) is 4.74 Å². The van der Waals surface area contributed by atoms with Crippen LogP contribution >= 0.6 is 0 Å². The first-order chi connectivity index (χ1) is 9.74. The maximum Gasteiger partial charge on any atom is 0.224 e. The van der Waals surface area contributed by atoms with Crippen LogP contribution in [0, 0.1) is 17.8 Å². The fourth-order valence-corrected chi connectivity index (χ4v) is 3.93. The van der Waals surface area contributed by atoms with E-state index in [0.717, 1.165) is 37.4 Å². The SMILES string of the molecule is CC(NCCC(=O)N1CCOCC1)C1CC2C=CC1C2. The molecule has 1 aliphatic heterocycles. The molecule has 0 radical (unpaired) electrons. The van der Waals surface area contributed by atoms with E-state index >= 15 is 0 Å². The molecule has 3 rings (SSSR count). The minimum Gasteiger partial charge on any atom is -0.378 e. The van der Waals surface area contributed by atoms with E-state index in [1.165, 1.54) is 12.8 Å². The van der Waals surface area contributed by atoms with Gasteiger partial charge in [-0.15, -0.1) is 0 Å². The Hall–Kier alpha value is -0.870. The lowest BCUT2D eigenvalue weighted by atomic mass is 9.87. The van der Waals surface area contributed by atoms with Gasteiger partial charge >= 0.3 is 0 Å². The molecule has 1 heterocycles. The zero-order chi connectivity index (χ0) is 13.9. The van der Waals surface area contributed by atoms with Gasteiger partial charge in [-0.25, -0.2) is 0 Å². The molecule has 1 N–H and O–H groups in total. The number of amides is 1. The molecule has 112 valence electrons. The molecule has 4 nitrogen and oxygen atoms in total. The van der Waals surface area contributed by atoms with Crippen LogP contribution in [0.3, 0.4) is 0 Å². The topological polar surface area (TPSA) is 41.6 Å². The molecule has 1 saturated carbocycles. The highest BCUT2D eigenvalue weighted by Crippen LogP contribution is 2.44. The van der Waals surface area contributed by atoms with Gasteiger partial charge in [0.25, 0.3) is 0 Å². The van der Waals surface area contributed by atoms with Crippen molar-refractivity contribution in [3.8, 4) is 0 Å². The van der Waals surface area contributed by atoms with E-state index in [1.54, 1.807) is 0 Å². The maximum atomic E-state index is 12.0. The van der Waals surface area contributed by atoms with Gasteiger partial charge in [-0.05, 0) is 37.5 Å². The summed E-state index contributed by atoms with van der Waals surface area (Å²) < 4.78 is 5.27. The number of hydrogen-bond donors (Lipinski definition) is 1. The van der Waals surface area contributed by atoms with Crippen LogP contribution in [0.5, 0.6) is 0 Å². The van der Waals surface area contributed by atoms with Crippen LogP contribution in [0.4, 0.5) is 0 Å². The van der Waals surface area contributed by atoms with Crippen molar-refractivity contribution in [2.75, 3.05) is 32.8 Å². The van der Waals surface area contributed by atoms with Gasteiger partial charge in [-0.1, -0.05) is 12.2 Å². The standard InChI is InChI=1S/C16H26N2O2/c1-12(15-11-13-2-3-14(15)10-13)17-5-4-16(19)18-6-8-20-9-7-18/h2-3,12-15,17H,4-11H2,1H3. The molecule has 20 heavy (non-hydrogen) atoms. The molecule has 4 atom stereocenters. The summed E-state index contributed by atoms with van der Waals surface area (Å²) in [4.78, 5) is 14.0. The number of morpholine rings is 1. The summed E-state index contributed by atoms with van der Waals surface area (Å²) >= 11 is 0. The molecule has 2 bridgehead atoms. The Morgan fingerprint density at radius 2 is 2.15 bits per heavy atom. The number of ether oxygens (including phenoxy) is 1. The van der Waals surface area contributed by atoms with Crippen molar-refractivity contribution in [2.24, 2.45) is 17.8 Å². The summed E-state index contributed by atoms with van der Waals surface area (Å²) in [5, 5.41) is 3.57. The molecule has 0 aromatic rings. The average molecular weight is 278 g/mol. The largest absolute Gasteiger partial charge is 0.378 e. The third-order valence-electron chi connectivity index (χ3n) is 5.14. The second-order valence-electron chi connectivity index (χ2n) is 6.43. The molecular weight excluding hydrogens is 252 g/mol. The van der Waals surface area contributed by atoms with Crippen LogP contribution in [0.1, 0.15) is 26.2 Å². The molecule has 4 unspecified atom stereocenters.